The van der Waals surface area contributed by atoms with E-state index in [2.05, 4.69) is 73.5 Å². The minimum absolute atomic E-state index is 0.0185. The number of hydrogen-bond acceptors (Lipinski definition) is 4. The molecule has 0 spiro atoms. The van der Waals surface area contributed by atoms with Crippen LogP contribution in [0.4, 0.5) is 0 Å². The third-order valence-electron chi connectivity index (χ3n) is 6.07. The van der Waals surface area contributed by atoms with E-state index in [-0.39, 0.29) is 12.1 Å². The zero-order valence-electron chi connectivity index (χ0n) is 17.4. The van der Waals surface area contributed by atoms with Crippen LogP contribution in [0, 0.1) is 0 Å². The van der Waals surface area contributed by atoms with Gasteiger partial charge < -0.3 is 19.5 Å². The Labute approximate surface area is 188 Å². The average molecular weight is 434 g/mol. The van der Waals surface area contributed by atoms with E-state index in [1.165, 1.54) is 5.56 Å². The highest BCUT2D eigenvalue weighted by Gasteiger charge is 2.40. The summed E-state index contributed by atoms with van der Waals surface area (Å²) >= 11 is 5.80. The molecule has 1 N–H and O–H groups in total. The van der Waals surface area contributed by atoms with Gasteiger partial charge in [-0.2, -0.15) is 0 Å². The lowest BCUT2D eigenvalue weighted by atomic mass is 9.99. The van der Waals surface area contributed by atoms with Gasteiger partial charge in [0.1, 0.15) is 0 Å². The molecule has 2 atom stereocenters. The van der Waals surface area contributed by atoms with E-state index in [1.54, 1.807) is 0 Å². The van der Waals surface area contributed by atoms with Crippen molar-refractivity contribution in [3.05, 3.63) is 84.4 Å². The molecule has 0 aliphatic carbocycles. The highest BCUT2D eigenvalue weighted by molar-refractivity contribution is 7.80. The lowest BCUT2D eigenvalue weighted by Gasteiger charge is -2.31. The lowest BCUT2D eigenvalue weighted by Crippen LogP contribution is -2.42. The fourth-order valence-electron chi connectivity index (χ4n) is 4.43. The SMILES string of the molecule is S=C1N[C@H](c2ccccn2)[C@@H](c2ccn(-c3ccccc3)c2)N1CCN1CCOCC1. The summed E-state index contributed by atoms with van der Waals surface area (Å²) in [6.45, 7) is 5.41. The van der Waals surface area contributed by atoms with Crippen LogP contribution in [-0.4, -0.2) is 63.9 Å². The van der Waals surface area contributed by atoms with Crippen LogP contribution in [-0.2, 0) is 4.74 Å². The fourth-order valence-corrected chi connectivity index (χ4v) is 4.76. The summed E-state index contributed by atoms with van der Waals surface area (Å²) < 4.78 is 7.67. The van der Waals surface area contributed by atoms with E-state index in [9.17, 15) is 0 Å². The maximum absolute atomic E-state index is 5.80. The van der Waals surface area contributed by atoms with Crippen LogP contribution in [0.25, 0.3) is 5.69 Å². The number of pyridine rings is 1. The van der Waals surface area contributed by atoms with Crippen LogP contribution in [0.5, 0.6) is 0 Å². The van der Waals surface area contributed by atoms with E-state index in [0.717, 1.165) is 55.9 Å². The summed E-state index contributed by atoms with van der Waals surface area (Å²) in [5, 5.41) is 4.34. The number of nitrogens with zero attached hydrogens (tertiary/aromatic N) is 4. The molecule has 31 heavy (non-hydrogen) atoms. The molecule has 0 saturated carbocycles. The number of aromatic nitrogens is 2. The molecular weight excluding hydrogens is 406 g/mol. The average Bonchev–Trinajstić information content (AvgIpc) is 3.44. The Morgan fingerprint density at radius 2 is 1.81 bits per heavy atom. The Morgan fingerprint density at radius 3 is 2.58 bits per heavy atom. The molecule has 1 aromatic carbocycles. The number of benzene rings is 1. The topological polar surface area (TPSA) is 45.6 Å². The van der Waals surface area contributed by atoms with Gasteiger partial charge >= 0.3 is 0 Å². The minimum atomic E-state index is 0.0185. The van der Waals surface area contributed by atoms with Crippen LogP contribution in [0.1, 0.15) is 23.3 Å². The van der Waals surface area contributed by atoms with Gasteiger partial charge in [-0.1, -0.05) is 24.3 Å². The Bertz CT molecular complexity index is 1000. The van der Waals surface area contributed by atoms with Gasteiger partial charge in [0.15, 0.2) is 5.11 Å². The number of thiocarbonyl (C=S) groups is 1. The zero-order valence-corrected chi connectivity index (χ0v) is 18.2. The van der Waals surface area contributed by atoms with Gasteiger partial charge in [-0.3, -0.25) is 9.88 Å². The van der Waals surface area contributed by atoms with E-state index in [0.29, 0.717) is 0 Å². The molecule has 3 aromatic rings. The first-order valence-corrected chi connectivity index (χ1v) is 11.2. The smallest absolute Gasteiger partial charge is 0.170 e. The van der Waals surface area contributed by atoms with Gasteiger partial charge in [0, 0.05) is 50.5 Å². The predicted molar refractivity (Wildman–Crippen MR) is 125 cm³/mol. The molecule has 5 rings (SSSR count). The second-order valence-electron chi connectivity index (χ2n) is 7.96. The van der Waals surface area contributed by atoms with Gasteiger partial charge in [-0.15, -0.1) is 0 Å². The van der Waals surface area contributed by atoms with Crippen LogP contribution in [0.2, 0.25) is 0 Å². The zero-order chi connectivity index (χ0) is 21.0. The van der Waals surface area contributed by atoms with Gasteiger partial charge in [-0.25, -0.2) is 0 Å². The summed E-state index contributed by atoms with van der Waals surface area (Å²) in [6, 6.07) is 18.8. The first-order chi connectivity index (χ1) is 15.3. The van der Waals surface area contributed by atoms with Gasteiger partial charge in [0.05, 0.1) is 31.0 Å². The Morgan fingerprint density at radius 1 is 1.00 bits per heavy atom. The number of rotatable bonds is 6. The molecule has 2 aliphatic rings. The normalized spacial score (nSPS) is 21.9. The highest BCUT2D eigenvalue weighted by Crippen LogP contribution is 2.38. The van der Waals surface area contributed by atoms with Crippen molar-refractivity contribution < 1.29 is 4.74 Å². The monoisotopic (exact) mass is 433 g/mol. The first-order valence-electron chi connectivity index (χ1n) is 10.8. The molecule has 2 aromatic heterocycles. The molecule has 0 amide bonds. The van der Waals surface area contributed by atoms with Gasteiger partial charge in [0.2, 0.25) is 0 Å². The second kappa shape index (κ2) is 9.18. The maximum Gasteiger partial charge on any atom is 0.170 e. The van der Waals surface area contributed by atoms with Crippen molar-refractivity contribution in [3.8, 4) is 5.69 Å². The van der Waals surface area contributed by atoms with Crippen LogP contribution in [0.15, 0.2) is 73.2 Å². The van der Waals surface area contributed by atoms with Crippen molar-refractivity contribution in [2.24, 2.45) is 0 Å². The Hall–Kier alpha value is -2.74. The van der Waals surface area contributed by atoms with Crippen molar-refractivity contribution in [2.45, 2.75) is 12.1 Å². The largest absolute Gasteiger partial charge is 0.379 e. The maximum atomic E-state index is 5.80. The number of ether oxygens (including phenoxy) is 1. The van der Waals surface area contributed by atoms with Crippen LogP contribution in [0.3, 0.4) is 0 Å². The minimum Gasteiger partial charge on any atom is -0.379 e. The van der Waals surface area contributed by atoms with Crippen molar-refractivity contribution in [3.63, 3.8) is 0 Å². The van der Waals surface area contributed by atoms with E-state index < -0.39 is 0 Å². The van der Waals surface area contributed by atoms with Crippen LogP contribution >= 0.6 is 12.2 Å². The Balaban J connectivity index is 1.44. The molecule has 160 valence electrons. The molecule has 0 unspecified atom stereocenters. The highest BCUT2D eigenvalue weighted by atomic mass is 32.1. The number of morpholine rings is 1. The van der Waals surface area contributed by atoms with Gasteiger partial charge in [0.25, 0.3) is 0 Å². The molecule has 4 heterocycles. The number of hydrogen-bond donors (Lipinski definition) is 1. The quantitative estimate of drug-likeness (QED) is 0.603. The van der Waals surface area contributed by atoms with Crippen molar-refractivity contribution in [1.29, 1.82) is 0 Å². The summed E-state index contributed by atoms with van der Waals surface area (Å²) in [6.07, 6.45) is 6.19. The molecular formula is C24H27N5OS. The third-order valence-corrected chi connectivity index (χ3v) is 6.42. The molecule has 2 aliphatic heterocycles. The summed E-state index contributed by atoms with van der Waals surface area (Å²) in [7, 11) is 0. The first kappa shape index (κ1) is 20.2. The molecule has 6 nitrogen and oxygen atoms in total. The predicted octanol–water partition coefficient (Wildman–Crippen LogP) is 3.18. The molecule has 0 bridgehead atoms. The molecule has 0 radical (unpaired) electrons. The van der Waals surface area contributed by atoms with Crippen LogP contribution < -0.4 is 5.32 Å². The van der Waals surface area contributed by atoms with Crippen molar-refractivity contribution in [2.75, 3.05) is 39.4 Å². The van der Waals surface area contributed by atoms with E-state index in [1.807, 2.05) is 24.4 Å². The molecule has 2 saturated heterocycles. The van der Waals surface area contributed by atoms with Crippen molar-refractivity contribution >= 4 is 17.3 Å². The Kier molecular flexibility index (Phi) is 5.97. The standard InChI is InChI=1S/C24H27N5OS/c31-24-26-22(21-8-4-5-10-25-21)23(29(24)13-12-27-14-16-30-17-15-27)19-9-11-28(18-19)20-6-2-1-3-7-20/h1-11,18,22-23H,12-17H2,(H,26,31)/t22-,23-/m1/s1. The molecule has 2 fully saturated rings. The lowest BCUT2D eigenvalue weighted by molar-refractivity contribution is 0.0350. The summed E-state index contributed by atoms with van der Waals surface area (Å²) in [4.78, 5) is 9.42. The van der Waals surface area contributed by atoms with Crippen molar-refractivity contribution in [1.82, 2.24) is 24.7 Å². The third kappa shape index (κ3) is 4.35. The second-order valence-corrected chi connectivity index (χ2v) is 8.35. The number of nitrogens with one attached hydrogen (secondary N) is 1. The van der Waals surface area contributed by atoms with E-state index in [4.69, 9.17) is 17.0 Å². The number of para-hydroxylation sites is 1. The fraction of sp³-hybridized carbons (Fsp3) is 0.333. The van der Waals surface area contributed by atoms with E-state index >= 15 is 0 Å². The molecule has 7 heteroatoms. The summed E-state index contributed by atoms with van der Waals surface area (Å²) in [5.41, 5.74) is 3.39. The summed E-state index contributed by atoms with van der Waals surface area (Å²) in [5.74, 6) is 0. The van der Waals surface area contributed by atoms with Gasteiger partial charge in [-0.05, 0) is 48.1 Å².